The largest absolute Gasteiger partial charge is 0.353 e. The van der Waals surface area contributed by atoms with Gasteiger partial charge in [0.1, 0.15) is 0 Å². The normalized spacial score (nSPS) is 10.9. The van der Waals surface area contributed by atoms with Gasteiger partial charge in [0.25, 0.3) is 5.69 Å². The topological polar surface area (TPSA) is 72.2 Å². The first-order valence-electron chi connectivity index (χ1n) is 9.34. The molecule has 1 amide bonds. The highest BCUT2D eigenvalue weighted by Crippen LogP contribution is 2.12. The van der Waals surface area contributed by atoms with Crippen molar-refractivity contribution in [1.82, 2.24) is 5.32 Å². The highest BCUT2D eigenvalue weighted by molar-refractivity contribution is 5.91. The number of nitro benzene ring substituents is 1. The van der Waals surface area contributed by atoms with E-state index in [9.17, 15) is 14.9 Å². The van der Waals surface area contributed by atoms with Crippen LogP contribution in [0.5, 0.6) is 0 Å². The van der Waals surface area contributed by atoms with Crippen LogP contribution in [-0.2, 0) is 4.79 Å². The second kappa shape index (κ2) is 13.2. The summed E-state index contributed by atoms with van der Waals surface area (Å²) in [7, 11) is 0. The Kier molecular flexibility index (Phi) is 11.0. The van der Waals surface area contributed by atoms with Crippen LogP contribution in [0, 0.1) is 10.1 Å². The van der Waals surface area contributed by atoms with E-state index in [0.29, 0.717) is 6.54 Å². The van der Waals surface area contributed by atoms with Gasteiger partial charge in [-0.1, -0.05) is 58.3 Å². The lowest BCUT2D eigenvalue weighted by molar-refractivity contribution is -0.384. The maximum atomic E-state index is 11.7. The van der Waals surface area contributed by atoms with Crippen LogP contribution in [0.25, 0.3) is 6.08 Å². The van der Waals surface area contributed by atoms with Gasteiger partial charge in [-0.25, -0.2) is 0 Å². The molecule has 0 aliphatic heterocycles. The van der Waals surface area contributed by atoms with Crippen molar-refractivity contribution in [2.24, 2.45) is 0 Å². The van der Waals surface area contributed by atoms with Gasteiger partial charge in [0.05, 0.1) is 4.92 Å². The lowest BCUT2D eigenvalue weighted by atomic mass is 10.1. The minimum absolute atomic E-state index is 0.0481. The van der Waals surface area contributed by atoms with Crippen LogP contribution in [0.15, 0.2) is 30.3 Å². The van der Waals surface area contributed by atoms with E-state index in [-0.39, 0.29) is 11.6 Å². The molecular formula is C20H30N2O3. The zero-order chi connectivity index (χ0) is 18.3. The zero-order valence-corrected chi connectivity index (χ0v) is 15.2. The Balaban J connectivity index is 2.07. The van der Waals surface area contributed by atoms with Crippen molar-refractivity contribution < 1.29 is 9.72 Å². The summed E-state index contributed by atoms with van der Waals surface area (Å²) in [5.41, 5.74) is 0.816. The lowest BCUT2D eigenvalue weighted by Crippen LogP contribution is -2.21. The molecule has 1 rings (SSSR count). The average molecular weight is 346 g/mol. The highest BCUT2D eigenvalue weighted by Gasteiger charge is 2.02. The monoisotopic (exact) mass is 346 g/mol. The minimum atomic E-state index is -0.439. The van der Waals surface area contributed by atoms with Gasteiger partial charge in [-0.15, -0.1) is 0 Å². The van der Waals surface area contributed by atoms with Crippen LogP contribution in [0.1, 0.15) is 70.3 Å². The number of rotatable bonds is 13. The lowest BCUT2D eigenvalue weighted by Gasteiger charge is -2.03. The van der Waals surface area contributed by atoms with E-state index in [1.54, 1.807) is 18.2 Å². The van der Waals surface area contributed by atoms with Gasteiger partial charge >= 0.3 is 0 Å². The fourth-order valence-electron chi connectivity index (χ4n) is 2.59. The molecule has 25 heavy (non-hydrogen) atoms. The van der Waals surface area contributed by atoms with Gasteiger partial charge in [0.15, 0.2) is 0 Å². The zero-order valence-electron chi connectivity index (χ0n) is 15.2. The Labute approximate surface area is 150 Å². The molecule has 5 nitrogen and oxygen atoms in total. The Morgan fingerprint density at radius 3 is 2.12 bits per heavy atom. The maximum Gasteiger partial charge on any atom is 0.269 e. The number of nitrogens with zero attached hydrogens (tertiary/aromatic N) is 1. The number of nitrogens with one attached hydrogen (secondary N) is 1. The SMILES string of the molecule is CCCCCCCCCCCNC(=O)C=Cc1ccc([N+](=O)[O-])cc1. The van der Waals surface area contributed by atoms with Gasteiger partial charge in [0, 0.05) is 24.8 Å². The number of hydrogen-bond acceptors (Lipinski definition) is 3. The summed E-state index contributed by atoms with van der Waals surface area (Å²) in [5.74, 6) is -0.127. The number of non-ortho nitro benzene ring substituents is 1. The summed E-state index contributed by atoms with van der Waals surface area (Å²) < 4.78 is 0. The number of nitro groups is 1. The Morgan fingerprint density at radius 1 is 1.00 bits per heavy atom. The van der Waals surface area contributed by atoms with E-state index in [2.05, 4.69) is 12.2 Å². The summed E-state index contributed by atoms with van der Waals surface area (Å²) >= 11 is 0. The predicted molar refractivity (Wildman–Crippen MR) is 102 cm³/mol. The van der Waals surface area contributed by atoms with Crippen molar-refractivity contribution in [3.05, 3.63) is 46.0 Å². The third-order valence-corrected chi connectivity index (χ3v) is 4.11. The fraction of sp³-hybridized carbons (Fsp3) is 0.550. The summed E-state index contributed by atoms with van der Waals surface area (Å²) in [6, 6.07) is 6.12. The van der Waals surface area contributed by atoms with Crippen LogP contribution >= 0.6 is 0 Å². The first-order chi connectivity index (χ1) is 12.1. The molecule has 0 radical (unpaired) electrons. The molecular weight excluding hydrogens is 316 g/mol. The molecule has 138 valence electrons. The molecule has 0 heterocycles. The van der Waals surface area contributed by atoms with Crippen LogP contribution in [0.4, 0.5) is 5.69 Å². The molecule has 0 aliphatic carbocycles. The van der Waals surface area contributed by atoms with E-state index in [4.69, 9.17) is 0 Å². The van der Waals surface area contributed by atoms with E-state index in [0.717, 1.165) is 18.4 Å². The molecule has 5 heteroatoms. The van der Waals surface area contributed by atoms with Gasteiger partial charge in [0.2, 0.25) is 5.91 Å². The minimum Gasteiger partial charge on any atom is -0.353 e. The number of benzene rings is 1. The molecule has 0 aliphatic rings. The molecule has 0 unspecified atom stereocenters. The van der Waals surface area contributed by atoms with Gasteiger partial charge in [-0.05, 0) is 30.2 Å². The highest BCUT2D eigenvalue weighted by atomic mass is 16.6. The summed E-state index contributed by atoms with van der Waals surface area (Å²) in [6.45, 7) is 2.93. The van der Waals surface area contributed by atoms with E-state index < -0.39 is 4.92 Å². The van der Waals surface area contributed by atoms with Crippen molar-refractivity contribution >= 4 is 17.7 Å². The second-order valence-corrected chi connectivity index (χ2v) is 6.30. The molecule has 0 fully saturated rings. The number of unbranched alkanes of at least 4 members (excludes halogenated alkanes) is 8. The van der Waals surface area contributed by atoms with E-state index >= 15 is 0 Å². The predicted octanol–water partition coefficient (Wildman–Crippen LogP) is 5.26. The van der Waals surface area contributed by atoms with Crippen LogP contribution in [0.2, 0.25) is 0 Å². The van der Waals surface area contributed by atoms with Crippen LogP contribution in [-0.4, -0.2) is 17.4 Å². The molecule has 0 spiro atoms. The van der Waals surface area contributed by atoms with E-state index in [1.165, 1.54) is 63.2 Å². The molecule has 0 saturated heterocycles. The second-order valence-electron chi connectivity index (χ2n) is 6.30. The average Bonchev–Trinajstić information content (AvgIpc) is 2.62. The Morgan fingerprint density at radius 2 is 1.56 bits per heavy atom. The van der Waals surface area contributed by atoms with Crippen molar-refractivity contribution in [1.29, 1.82) is 0 Å². The molecule has 0 bridgehead atoms. The molecule has 1 aromatic rings. The Bertz CT molecular complexity index is 538. The van der Waals surface area contributed by atoms with Crippen molar-refractivity contribution in [3.63, 3.8) is 0 Å². The van der Waals surface area contributed by atoms with Crippen molar-refractivity contribution in [3.8, 4) is 0 Å². The third kappa shape index (κ3) is 10.3. The molecule has 1 N–H and O–H groups in total. The molecule has 1 aromatic carbocycles. The Hall–Kier alpha value is -2.17. The smallest absolute Gasteiger partial charge is 0.269 e. The fourth-order valence-corrected chi connectivity index (χ4v) is 2.59. The molecule has 0 aromatic heterocycles. The van der Waals surface area contributed by atoms with Gasteiger partial charge in [-0.2, -0.15) is 0 Å². The van der Waals surface area contributed by atoms with Crippen molar-refractivity contribution in [2.75, 3.05) is 6.54 Å². The number of amides is 1. The van der Waals surface area contributed by atoms with Crippen molar-refractivity contribution in [2.45, 2.75) is 64.7 Å². The number of carbonyl (C=O) groups excluding carboxylic acids is 1. The maximum absolute atomic E-state index is 11.7. The van der Waals surface area contributed by atoms with Gasteiger partial charge < -0.3 is 5.32 Å². The summed E-state index contributed by atoms with van der Waals surface area (Å²) in [5, 5.41) is 13.4. The number of hydrogen-bond donors (Lipinski definition) is 1. The summed E-state index contributed by atoms with van der Waals surface area (Å²) in [4.78, 5) is 21.9. The first kappa shape index (κ1) is 20.9. The summed E-state index contributed by atoms with van der Waals surface area (Å²) in [6.07, 6.45) is 14.5. The van der Waals surface area contributed by atoms with Crippen LogP contribution < -0.4 is 5.32 Å². The number of carbonyl (C=O) groups is 1. The quantitative estimate of drug-likeness (QED) is 0.229. The van der Waals surface area contributed by atoms with E-state index in [1.807, 2.05) is 0 Å². The van der Waals surface area contributed by atoms with Crippen LogP contribution in [0.3, 0.4) is 0 Å². The molecule has 0 atom stereocenters. The van der Waals surface area contributed by atoms with Gasteiger partial charge in [-0.3, -0.25) is 14.9 Å². The third-order valence-electron chi connectivity index (χ3n) is 4.11. The standard InChI is InChI=1S/C20H30N2O3/c1-2-3-4-5-6-7-8-9-10-17-21-20(23)16-13-18-11-14-19(15-12-18)22(24)25/h11-16H,2-10,17H2,1H3,(H,21,23). The molecule has 0 saturated carbocycles. The first-order valence-corrected chi connectivity index (χ1v) is 9.34.